The van der Waals surface area contributed by atoms with Gasteiger partial charge in [-0.3, -0.25) is 4.90 Å². The molecule has 0 spiro atoms. The molecule has 1 aromatic heterocycles. The zero-order chi connectivity index (χ0) is 17.3. The highest BCUT2D eigenvalue weighted by molar-refractivity contribution is 7.89. The number of morpholine rings is 1. The van der Waals surface area contributed by atoms with Crippen molar-refractivity contribution in [1.29, 1.82) is 0 Å². The van der Waals surface area contributed by atoms with Gasteiger partial charge in [-0.25, -0.2) is 13.4 Å². The van der Waals surface area contributed by atoms with Crippen molar-refractivity contribution < 1.29 is 18.1 Å². The van der Waals surface area contributed by atoms with Crippen LogP contribution in [-0.2, 0) is 27.7 Å². The highest BCUT2D eigenvalue weighted by Gasteiger charge is 2.28. The van der Waals surface area contributed by atoms with E-state index in [4.69, 9.17) is 4.74 Å². The Balaban J connectivity index is 1.53. The Morgan fingerprint density at radius 1 is 0.960 bits per heavy atom. The molecule has 1 fully saturated rings. The van der Waals surface area contributed by atoms with Crippen molar-refractivity contribution in [2.75, 3.05) is 37.7 Å². The minimum absolute atomic E-state index is 0.301. The van der Waals surface area contributed by atoms with Gasteiger partial charge in [0.2, 0.25) is 10.0 Å². The van der Waals surface area contributed by atoms with Crippen LogP contribution in [-0.4, -0.2) is 45.6 Å². The number of pyridine rings is 1. The second-order valence-corrected chi connectivity index (χ2v) is 8.30. The topological polar surface area (TPSA) is 64.0 Å². The van der Waals surface area contributed by atoms with Crippen LogP contribution in [0, 0.1) is 0 Å². The summed E-state index contributed by atoms with van der Waals surface area (Å²) < 4.78 is 32.1. The van der Waals surface area contributed by atoms with Gasteiger partial charge in [-0.1, -0.05) is 24.3 Å². The van der Waals surface area contributed by atoms with Gasteiger partial charge in [0.1, 0.15) is 17.6 Å². The second kappa shape index (κ2) is 6.74. The van der Waals surface area contributed by atoms with Crippen LogP contribution in [0.5, 0.6) is 0 Å². The van der Waals surface area contributed by atoms with Crippen LogP contribution in [0.15, 0.2) is 47.5 Å². The average molecular weight is 360 g/mol. The first-order valence-corrected chi connectivity index (χ1v) is 10.00. The van der Waals surface area contributed by atoms with E-state index in [1.165, 1.54) is 15.4 Å². The number of sulfonamides is 1. The molecule has 0 amide bonds. The number of hydrogen-bond acceptors (Lipinski definition) is 4. The molecule has 0 unspecified atom stereocenters. The Hall–Kier alpha value is -1.96. The molecule has 0 atom stereocenters. The summed E-state index contributed by atoms with van der Waals surface area (Å²) >= 11 is 0. The minimum atomic E-state index is -3.45. The number of nitrogens with one attached hydrogen (secondary N) is 1. The van der Waals surface area contributed by atoms with Crippen LogP contribution in [0.1, 0.15) is 11.1 Å². The molecule has 3 heterocycles. The Labute approximate surface area is 148 Å². The Morgan fingerprint density at radius 3 is 2.44 bits per heavy atom. The van der Waals surface area contributed by atoms with Crippen molar-refractivity contribution in [2.45, 2.75) is 17.9 Å². The number of aromatic nitrogens is 1. The zero-order valence-electron chi connectivity index (χ0n) is 14.0. The summed E-state index contributed by atoms with van der Waals surface area (Å²) in [6.45, 7) is 3.48. The van der Waals surface area contributed by atoms with Gasteiger partial charge in [0.25, 0.3) is 5.82 Å². The molecule has 0 aliphatic carbocycles. The number of aromatic amines is 1. The fourth-order valence-electron chi connectivity index (χ4n) is 3.40. The first-order valence-electron chi connectivity index (χ1n) is 8.56. The number of ether oxygens (including phenoxy) is 1. The number of H-pyrrole nitrogens is 1. The molecule has 0 radical (unpaired) electrons. The minimum Gasteiger partial charge on any atom is -0.379 e. The zero-order valence-corrected chi connectivity index (χ0v) is 14.8. The van der Waals surface area contributed by atoms with Gasteiger partial charge in [-0.2, -0.15) is 4.31 Å². The molecule has 0 saturated carbocycles. The molecule has 2 aliphatic heterocycles. The smallest absolute Gasteiger partial charge is 0.274 e. The summed E-state index contributed by atoms with van der Waals surface area (Å²) in [4.78, 5) is 5.72. The summed E-state index contributed by atoms with van der Waals surface area (Å²) in [6.07, 6.45) is 2.60. The monoisotopic (exact) mass is 360 g/mol. The van der Waals surface area contributed by atoms with Crippen molar-refractivity contribution >= 4 is 15.8 Å². The first-order chi connectivity index (χ1) is 12.1. The number of nitrogens with zero attached hydrogens (tertiary/aromatic N) is 2. The lowest BCUT2D eigenvalue weighted by Crippen LogP contribution is -2.41. The second-order valence-electron chi connectivity index (χ2n) is 6.37. The van der Waals surface area contributed by atoms with Gasteiger partial charge in [-0.05, 0) is 17.2 Å². The van der Waals surface area contributed by atoms with Crippen LogP contribution in [0.2, 0.25) is 0 Å². The summed E-state index contributed by atoms with van der Waals surface area (Å²) in [5.74, 6) is 0.940. The van der Waals surface area contributed by atoms with E-state index in [9.17, 15) is 8.42 Å². The molecule has 4 rings (SSSR count). The van der Waals surface area contributed by atoms with E-state index in [1.54, 1.807) is 12.3 Å². The SMILES string of the molecule is O=S(=O)(c1ccc(N2CCc3ccccc3C2)[nH+]c1)N1CCOCC1. The van der Waals surface area contributed by atoms with Crippen LogP contribution >= 0.6 is 0 Å². The van der Waals surface area contributed by atoms with Crippen molar-refractivity contribution in [2.24, 2.45) is 0 Å². The molecule has 2 aliphatic rings. The lowest BCUT2D eigenvalue weighted by molar-refractivity contribution is -0.367. The van der Waals surface area contributed by atoms with Gasteiger partial charge in [0, 0.05) is 25.6 Å². The fraction of sp³-hybridized carbons (Fsp3) is 0.389. The van der Waals surface area contributed by atoms with Gasteiger partial charge in [0.15, 0.2) is 0 Å². The van der Waals surface area contributed by atoms with Crippen LogP contribution in [0.4, 0.5) is 5.82 Å². The van der Waals surface area contributed by atoms with Gasteiger partial charge < -0.3 is 4.74 Å². The van der Waals surface area contributed by atoms with E-state index in [2.05, 4.69) is 34.1 Å². The number of rotatable bonds is 3. The van der Waals surface area contributed by atoms with E-state index < -0.39 is 10.0 Å². The van der Waals surface area contributed by atoms with Gasteiger partial charge in [0.05, 0.1) is 19.8 Å². The molecule has 1 N–H and O–H groups in total. The largest absolute Gasteiger partial charge is 0.379 e. The quantitative estimate of drug-likeness (QED) is 0.822. The van der Waals surface area contributed by atoms with Crippen molar-refractivity contribution in [3.8, 4) is 0 Å². The lowest BCUT2D eigenvalue weighted by atomic mass is 10.00. The maximum atomic E-state index is 12.7. The third-order valence-electron chi connectivity index (χ3n) is 4.85. The van der Waals surface area contributed by atoms with Crippen molar-refractivity contribution in [1.82, 2.24) is 4.31 Å². The predicted octanol–water partition coefficient (Wildman–Crippen LogP) is 1.08. The molecule has 1 aromatic carbocycles. The summed E-state index contributed by atoms with van der Waals surface area (Å²) in [7, 11) is -3.45. The number of fused-ring (bicyclic) bond motifs is 1. The van der Waals surface area contributed by atoms with E-state index in [-0.39, 0.29) is 0 Å². The van der Waals surface area contributed by atoms with Crippen molar-refractivity contribution in [3.05, 3.63) is 53.7 Å². The lowest BCUT2D eigenvalue weighted by Gasteiger charge is -2.26. The normalized spacial score (nSPS) is 18.8. The highest BCUT2D eigenvalue weighted by atomic mass is 32.2. The van der Waals surface area contributed by atoms with E-state index in [0.29, 0.717) is 31.2 Å². The van der Waals surface area contributed by atoms with Crippen LogP contribution in [0.25, 0.3) is 0 Å². The average Bonchev–Trinajstić information content (AvgIpc) is 2.68. The standard InChI is InChI=1S/C18H21N3O3S/c22-25(23,21-9-11-24-12-10-21)17-5-6-18(19-13-17)20-8-7-15-3-1-2-4-16(15)14-20/h1-6,13H,7-12,14H2/p+1. The molecular formula is C18H22N3O3S+. The van der Waals surface area contributed by atoms with Crippen molar-refractivity contribution in [3.63, 3.8) is 0 Å². The van der Waals surface area contributed by atoms with Gasteiger partial charge >= 0.3 is 0 Å². The van der Waals surface area contributed by atoms with E-state index >= 15 is 0 Å². The molecular weight excluding hydrogens is 338 g/mol. The Morgan fingerprint density at radius 2 is 1.72 bits per heavy atom. The third kappa shape index (κ3) is 3.27. The summed E-state index contributed by atoms with van der Waals surface area (Å²) in [5.41, 5.74) is 2.72. The summed E-state index contributed by atoms with van der Waals surface area (Å²) in [6, 6.07) is 12.0. The predicted molar refractivity (Wildman–Crippen MR) is 93.8 cm³/mol. The summed E-state index contributed by atoms with van der Waals surface area (Å²) in [5, 5.41) is 0. The molecule has 25 heavy (non-hydrogen) atoms. The van der Waals surface area contributed by atoms with Gasteiger partial charge in [-0.15, -0.1) is 0 Å². The van der Waals surface area contributed by atoms with Crippen LogP contribution < -0.4 is 9.88 Å². The number of benzene rings is 1. The maximum Gasteiger partial charge on any atom is 0.274 e. The fourth-order valence-corrected chi connectivity index (χ4v) is 4.77. The van der Waals surface area contributed by atoms with Crippen LogP contribution in [0.3, 0.4) is 0 Å². The number of hydrogen-bond donors (Lipinski definition) is 0. The first kappa shape index (κ1) is 16.5. The van der Waals surface area contributed by atoms with E-state index in [0.717, 1.165) is 25.3 Å². The molecule has 2 aromatic rings. The Bertz CT molecular complexity index is 846. The number of anilines is 1. The maximum absolute atomic E-state index is 12.7. The molecule has 6 nitrogen and oxygen atoms in total. The molecule has 7 heteroatoms. The molecule has 132 valence electrons. The molecule has 1 saturated heterocycles. The highest BCUT2D eigenvalue weighted by Crippen LogP contribution is 2.23. The van der Waals surface area contributed by atoms with E-state index in [1.807, 2.05) is 6.07 Å². The third-order valence-corrected chi connectivity index (χ3v) is 6.74. The molecule has 0 bridgehead atoms. The Kier molecular flexibility index (Phi) is 4.45.